The van der Waals surface area contributed by atoms with Gasteiger partial charge in [-0.25, -0.2) is 0 Å². The van der Waals surface area contributed by atoms with Crippen molar-refractivity contribution in [1.82, 2.24) is 9.80 Å². The Morgan fingerprint density at radius 2 is 1.70 bits per heavy atom. The molecule has 1 aromatic carbocycles. The minimum absolute atomic E-state index is 0.0111. The molecule has 1 aromatic rings. The summed E-state index contributed by atoms with van der Waals surface area (Å²) in [6, 6.07) is 7.22. The molecule has 4 bridgehead atoms. The summed E-state index contributed by atoms with van der Waals surface area (Å²) in [7, 11) is 5.35. The van der Waals surface area contributed by atoms with Crippen molar-refractivity contribution in [1.29, 1.82) is 0 Å². The first kappa shape index (κ1) is 21.2. The van der Waals surface area contributed by atoms with Crippen molar-refractivity contribution in [2.24, 2.45) is 23.2 Å². The zero-order chi connectivity index (χ0) is 21.3. The number of carbonyl (C=O) groups is 2. The standard InChI is InChI=1S/C24H35N3O3/c1-26(16-24-11-17-7-18(12-24)9-19(8-17)13-24)15-23(29)27(2)14-22(28)25-20-5-4-6-21(10-20)30-3/h4-6,10,17-19H,7-9,11-16H2,1-3H3,(H,25,28). The summed E-state index contributed by atoms with van der Waals surface area (Å²) in [6.45, 7) is 1.41. The number of hydrogen-bond donors (Lipinski definition) is 1. The average molecular weight is 414 g/mol. The van der Waals surface area contributed by atoms with E-state index < -0.39 is 0 Å². The molecule has 0 aromatic heterocycles. The average Bonchev–Trinajstić information content (AvgIpc) is 2.66. The van der Waals surface area contributed by atoms with Gasteiger partial charge in [0.25, 0.3) is 0 Å². The van der Waals surface area contributed by atoms with Gasteiger partial charge in [0.15, 0.2) is 0 Å². The number of carbonyl (C=O) groups excluding carboxylic acids is 2. The van der Waals surface area contributed by atoms with E-state index in [-0.39, 0.29) is 18.4 Å². The normalized spacial score (nSPS) is 29.1. The number of likely N-dealkylation sites (N-methyl/N-ethyl adjacent to an activating group) is 2. The summed E-state index contributed by atoms with van der Waals surface area (Å²) in [5.41, 5.74) is 1.09. The highest BCUT2D eigenvalue weighted by Crippen LogP contribution is 2.60. The highest BCUT2D eigenvalue weighted by molar-refractivity contribution is 5.94. The number of nitrogens with zero attached hydrogens (tertiary/aromatic N) is 2. The van der Waals surface area contributed by atoms with E-state index in [2.05, 4.69) is 17.3 Å². The molecule has 1 N–H and O–H groups in total. The lowest BCUT2D eigenvalue weighted by Crippen LogP contribution is -2.51. The van der Waals surface area contributed by atoms with Crippen molar-refractivity contribution < 1.29 is 14.3 Å². The van der Waals surface area contributed by atoms with Crippen LogP contribution in [0.15, 0.2) is 24.3 Å². The van der Waals surface area contributed by atoms with Crippen LogP contribution in [-0.2, 0) is 9.59 Å². The van der Waals surface area contributed by atoms with Gasteiger partial charge in [0.05, 0.1) is 20.2 Å². The number of benzene rings is 1. The Labute approximate surface area is 179 Å². The van der Waals surface area contributed by atoms with Crippen LogP contribution in [-0.4, -0.2) is 62.5 Å². The molecule has 6 heteroatoms. The topological polar surface area (TPSA) is 61.9 Å². The van der Waals surface area contributed by atoms with Crippen molar-refractivity contribution in [2.75, 3.05) is 46.2 Å². The van der Waals surface area contributed by atoms with Crippen molar-refractivity contribution in [3.05, 3.63) is 24.3 Å². The summed E-state index contributed by atoms with van der Waals surface area (Å²) in [5.74, 6) is 3.23. The molecule has 5 rings (SSSR count). The molecule has 0 unspecified atom stereocenters. The van der Waals surface area contributed by atoms with E-state index in [4.69, 9.17) is 4.74 Å². The number of hydrogen-bond acceptors (Lipinski definition) is 4. The molecule has 4 fully saturated rings. The number of nitrogens with one attached hydrogen (secondary N) is 1. The zero-order valence-electron chi connectivity index (χ0n) is 18.5. The van der Waals surface area contributed by atoms with E-state index in [0.29, 0.717) is 23.4 Å². The Hall–Kier alpha value is -2.08. The van der Waals surface area contributed by atoms with Gasteiger partial charge in [0.1, 0.15) is 5.75 Å². The Morgan fingerprint density at radius 3 is 2.30 bits per heavy atom. The van der Waals surface area contributed by atoms with Crippen LogP contribution in [0.3, 0.4) is 0 Å². The maximum absolute atomic E-state index is 12.7. The van der Waals surface area contributed by atoms with Gasteiger partial charge in [-0.3, -0.25) is 14.5 Å². The Bertz CT molecular complexity index is 758. The van der Waals surface area contributed by atoms with E-state index in [9.17, 15) is 9.59 Å². The van der Waals surface area contributed by atoms with Crippen LogP contribution in [0.5, 0.6) is 5.75 Å². The predicted octanol–water partition coefficient (Wildman–Crippen LogP) is 3.24. The number of anilines is 1. The SMILES string of the molecule is COc1cccc(NC(=O)CN(C)C(=O)CN(C)CC23CC4CC(CC(C4)C2)C3)c1. The highest BCUT2D eigenvalue weighted by atomic mass is 16.5. The molecule has 2 amide bonds. The van der Waals surface area contributed by atoms with Crippen LogP contribution in [0.2, 0.25) is 0 Å². The highest BCUT2D eigenvalue weighted by Gasteiger charge is 2.51. The molecule has 30 heavy (non-hydrogen) atoms. The fourth-order valence-electron chi connectivity index (χ4n) is 6.67. The monoisotopic (exact) mass is 413 g/mol. The van der Waals surface area contributed by atoms with Crippen LogP contribution in [0.1, 0.15) is 38.5 Å². The van der Waals surface area contributed by atoms with Crippen molar-refractivity contribution in [3.63, 3.8) is 0 Å². The smallest absolute Gasteiger partial charge is 0.243 e. The number of rotatable bonds is 8. The molecule has 0 heterocycles. The molecule has 0 atom stereocenters. The first-order valence-corrected chi connectivity index (χ1v) is 11.2. The molecule has 0 aliphatic heterocycles. The summed E-state index contributed by atoms with van der Waals surface area (Å²) in [5, 5.41) is 2.83. The number of amides is 2. The van der Waals surface area contributed by atoms with E-state index >= 15 is 0 Å². The van der Waals surface area contributed by atoms with Gasteiger partial charge < -0.3 is 15.0 Å². The third-order valence-corrected chi connectivity index (χ3v) is 7.34. The van der Waals surface area contributed by atoms with E-state index in [1.54, 1.807) is 20.2 Å². The summed E-state index contributed by atoms with van der Waals surface area (Å²) in [4.78, 5) is 28.8. The minimum Gasteiger partial charge on any atom is -0.497 e. The Morgan fingerprint density at radius 1 is 1.07 bits per heavy atom. The number of ether oxygens (including phenoxy) is 1. The first-order chi connectivity index (χ1) is 14.3. The minimum atomic E-state index is -0.206. The van der Waals surface area contributed by atoms with Gasteiger partial charge in [0, 0.05) is 25.3 Å². The molecular formula is C24H35N3O3. The summed E-state index contributed by atoms with van der Waals surface area (Å²) in [6.07, 6.45) is 8.34. The van der Waals surface area contributed by atoms with Crippen molar-refractivity contribution >= 4 is 17.5 Å². The van der Waals surface area contributed by atoms with Gasteiger partial charge in [-0.1, -0.05) is 6.07 Å². The lowest BCUT2D eigenvalue weighted by Gasteiger charge is -2.57. The second-order valence-corrected chi connectivity index (χ2v) is 10.1. The van der Waals surface area contributed by atoms with E-state index in [1.165, 1.54) is 43.4 Å². The predicted molar refractivity (Wildman–Crippen MR) is 117 cm³/mol. The van der Waals surface area contributed by atoms with Gasteiger partial charge in [-0.15, -0.1) is 0 Å². The second kappa shape index (κ2) is 8.58. The third kappa shape index (κ3) is 4.80. The number of methoxy groups -OCH3 is 1. The largest absolute Gasteiger partial charge is 0.497 e. The third-order valence-electron chi connectivity index (χ3n) is 7.34. The van der Waals surface area contributed by atoms with Gasteiger partial charge in [-0.05, 0) is 80.9 Å². The fraction of sp³-hybridized carbons (Fsp3) is 0.667. The molecule has 4 aliphatic carbocycles. The van der Waals surface area contributed by atoms with Crippen LogP contribution >= 0.6 is 0 Å². The first-order valence-electron chi connectivity index (χ1n) is 11.2. The van der Waals surface area contributed by atoms with Crippen LogP contribution < -0.4 is 10.1 Å². The zero-order valence-corrected chi connectivity index (χ0v) is 18.5. The fourth-order valence-corrected chi connectivity index (χ4v) is 6.67. The Balaban J connectivity index is 1.25. The molecule has 6 nitrogen and oxygen atoms in total. The lowest BCUT2D eigenvalue weighted by atomic mass is 9.49. The lowest BCUT2D eigenvalue weighted by molar-refractivity contribution is -0.135. The Kier molecular flexibility index (Phi) is 6.05. The maximum atomic E-state index is 12.7. The molecule has 0 radical (unpaired) electrons. The quantitative estimate of drug-likeness (QED) is 0.711. The molecule has 0 saturated heterocycles. The van der Waals surface area contributed by atoms with Gasteiger partial charge >= 0.3 is 0 Å². The molecular weight excluding hydrogens is 378 g/mol. The summed E-state index contributed by atoms with van der Waals surface area (Å²) >= 11 is 0. The molecule has 0 spiro atoms. The maximum Gasteiger partial charge on any atom is 0.243 e. The summed E-state index contributed by atoms with van der Waals surface area (Å²) < 4.78 is 5.18. The van der Waals surface area contributed by atoms with Crippen molar-refractivity contribution in [2.45, 2.75) is 38.5 Å². The van der Waals surface area contributed by atoms with Crippen LogP contribution in [0.25, 0.3) is 0 Å². The van der Waals surface area contributed by atoms with Crippen LogP contribution in [0.4, 0.5) is 5.69 Å². The second-order valence-electron chi connectivity index (χ2n) is 10.1. The van der Waals surface area contributed by atoms with Crippen LogP contribution in [0, 0.1) is 23.2 Å². The molecule has 4 saturated carbocycles. The molecule has 4 aliphatic rings. The van der Waals surface area contributed by atoms with E-state index in [1.807, 2.05) is 18.2 Å². The molecule has 164 valence electrons. The van der Waals surface area contributed by atoms with E-state index in [0.717, 1.165) is 24.3 Å². The van der Waals surface area contributed by atoms with Gasteiger partial charge in [-0.2, -0.15) is 0 Å². The van der Waals surface area contributed by atoms with Crippen molar-refractivity contribution in [3.8, 4) is 5.75 Å². The van der Waals surface area contributed by atoms with Gasteiger partial charge in [0.2, 0.25) is 11.8 Å².